The van der Waals surface area contributed by atoms with Gasteiger partial charge in [0.2, 0.25) is 5.91 Å². The number of aromatic carboxylic acids is 1. The molecule has 6 heteroatoms. The van der Waals surface area contributed by atoms with Crippen molar-refractivity contribution >= 4 is 23.2 Å². The van der Waals surface area contributed by atoms with Crippen LogP contribution in [-0.4, -0.2) is 29.6 Å². The summed E-state index contributed by atoms with van der Waals surface area (Å²) >= 11 is 1.30. The van der Waals surface area contributed by atoms with Gasteiger partial charge in [0, 0.05) is 30.4 Å². The largest absolute Gasteiger partial charge is 0.477 e. The van der Waals surface area contributed by atoms with Crippen molar-refractivity contribution < 1.29 is 14.7 Å². The number of carbonyl (C=O) groups excluding carboxylic acids is 1. The van der Waals surface area contributed by atoms with Crippen LogP contribution in [0.3, 0.4) is 0 Å². The fraction of sp³-hybridized carbons (Fsp3) is 0.500. The first-order valence-electron chi connectivity index (χ1n) is 5.89. The highest BCUT2D eigenvalue weighted by atomic mass is 32.1. The first-order chi connectivity index (χ1) is 8.56. The molecule has 1 amide bonds. The molecule has 1 atom stereocenters. The average Bonchev–Trinajstić information content (AvgIpc) is 2.70. The number of piperidine rings is 1. The second-order valence-corrected chi connectivity index (χ2v) is 5.67. The van der Waals surface area contributed by atoms with E-state index in [4.69, 9.17) is 5.11 Å². The van der Waals surface area contributed by atoms with Crippen molar-refractivity contribution in [3.63, 3.8) is 0 Å². The molecule has 1 aromatic heterocycles. The summed E-state index contributed by atoms with van der Waals surface area (Å²) in [7, 11) is 0. The topological polar surface area (TPSA) is 78.4 Å². The fourth-order valence-electron chi connectivity index (χ4n) is 1.96. The number of hydrogen-bond donors (Lipinski definition) is 3. The second kappa shape index (κ2) is 5.49. The summed E-state index contributed by atoms with van der Waals surface area (Å²) < 4.78 is 0. The maximum atomic E-state index is 11.0. The Morgan fingerprint density at radius 2 is 2.44 bits per heavy atom. The van der Waals surface area contributed by atoms with Crippen LogP contribution in [-0.2, 0) is 11.3 Å². The summed E-state index contributed by atoms with van der Waals surface area (Å²) in [5, 5.41) is 15.1. The normalized spacial score (nSPS) is 19.6. The third kappa shape index (κ3) is 3.08. The van der Waals surface area contributed by atoms with Gasteiger partial charge in [-0.1, -0.05) is 0 Å². The first-order valence-corrected chi connectivity index (χ1v) is 6.70. The smallest absolute Gasteiger partial charge is 0.345 e. The van der Waals surface area contributed by atoms with Crippen molar-refractivity contribution in [1.82, 2.24) is 10.6 Å². The van der Waals surface area contributed by atoms with Crippen LogP contribution in [0.15, 0.2) is 6.07 Å². The van der Waals surface area contributed by atoms with E-state index in [2.05, 4.69) is 10.6 Å². The van der Waals surface area contributed by atoms with Gasteiger partial charge in [0.25, 0.3) is 0 Å². The molecule has 1 aliphatic rings. The minimum Gasteiger partial charge on any atom is -0.477 e. The minimum absolute atomic E-state index is 0.105. The Morgan fingerprint density at radius 3 is 3.00 bits per heavy atom. The Kier molecular flexibility index (Phi) is 3.98. The van der Waals surface area contributed by atoms with Crippen molar-refractivity contribution in [2.24, 2.45) is 0 Å². The van der Waals surface area contributed by atoms with Crippen molar-refractivity contribution in [3.05, 3.63) is 21.4 Å². The molecular formula is C12H16N2O3S. The van der Waals surface area contributed by atoms with Crippen LogP contribution in [0.5, 0.6) is 0 Å². The monoisotopic (exact) mass is 268 g/mol. The lowest BCUT2D eigenvalue weighted by Gasteiger charge is -2.23. The van der Waals surface area contributed by atoms with E-state index in [0.717, 1.165) is 16.9 Å². The van der Waals surface area contributed by atoms with E-state index < -0.39 is 5.97 Å². The molecule has 1 fully saturated rings. The highest BCUT2D eigenvalue weighted by Gasteiger charge is 2.18. The number of hydrogen-bond acceptors (Lipinski definition) is 4. The van der Waals surface area contributed by atoms with E-state index in [1.807, 2.05) is 6.92 Å². The molecule has 0 aromatic carbocycles. The number of aryl methyl sites for hydroxylation is 1. The number of carboxylic acids is 1. The number of nitrogens with one attached hydrogen (secondary N) is 2. The summed E-state index contributed by atoms with van der Waals surface area (Å²) in [6.45, 7) is 3.22. The molecule has 0 spiro atoms. The third-order valence-corrected chi connectivity index (χ3v) is 4.16. The molecule has 0 radical (unpaired) electrons. The summed E-state index contributed by atoms with van der Waals surface area (Å²) in [5.41, 5.74) is 1.02. The van der Waals surface area contributed by atoms with Crippen LogP contribution in [0.4, 0.5) is 0 Å². The van der Waals surface area contributed by atoms with Crippen molar-refractivity contribution in [2.75, 3.05) is 6.54 Å². The van der Waals surface area contributed by atoms with E-state index in [9.17, 15) is 9.59 Å². The molecule has 2 rings (SSSR count). The molecule has 98 valence electrons. The Labute approximate surface area is 109 Å². The van der Waals surface area contributed by atoms with Gasteiger partial charge < -0.3 is 15.7 Å². The fourth-order valence-corrected chi connectivity index (χ4v) is 2.84. The SMILES string of the molecule is Cc1sc(C(=O)O)cc1CNC1CCC(=O)NC1. The van der Waals surface area contributed by atoms with Crippen LogP contribution in [0, 0.1) is 6.92 Å². The second-order valence-electron chi connectivity index (χ2n) is 4.42. The predicted molar refractivity (Wildman–Crippen MR) is 68.9 cm³/mol. The quantitative estimate of drug-likeness (QED) is 0.764. The highest BCUT2D eigenvalue weighted by Crippen LogP contribution is 2.21. The summed E-state index contributed by atoms with van der Waals surface area (Å²) in [6, 6.07) is 1.99. The van der Waals surface area contributed by atoms with Gasteiger partial charge in [-0.2, -0.15) is 0 Å². The van der Waals surface area contributed by atoms with E-state index in [1.165, 1.54) is 11.3 Å². The lowest BCUT2D eigenvalue weighted by atomic mass is 10.1. The highest BCUT2D eigenvalue weighted by molar-refractivity contribution is 7.14. The van der Waals surface area contributed by atoms with Crippen LogP contribution in [0.2, 0.25) is 0 Å². The van der Waals surface area contributed by atoms with E-state index in [-0.39, 0.29) is 11.9 Å². The number of thiophene rings is 1. The summed E-state index contributed by atoms with van der Waals surface area (Å²) in [4.78, 5) is 23.3. The van der Waals surface area contributed by atoms with E-state index >= 15 is 0 Å². The average molecular weight is 268 g/mol. The first kappa shape index (κ1) is 13.0. The summed E-state index contributed by atoms with van der Waals surface area (Å²) in [5.74, 6) is -0.771. The molecule has 2 heterocycles. The van der Waals surface area contributed by atoms with Crippen LogP contribution < -0.4 is 10.6 Å². The molecule has 5 nitrogen and oxygen atoms in total. The number of carboxylic acid groups (broad SMARTS) is 1. The maximum absolute atomic E-state index is 11.0. The molecule has 1 unspecified atom stereocenters. The van der Waals surface area contributed by atoms with Crippen molar-refractivity contribution in [3.8, 4) is 0 Å². The molecular weight excluding hydrogens is 252 g/mol. The Morgan fingerprint density at radius 1 is 1.67 bits per heavy atom. The zero-order valence-corrected chi connectivity index (χ0v) is 11.0. The Bertz CT molecular complexity index is 460. The molecule has 0 aliphatic carbocycles. The third-order valence-electron chi connectivity index (χ3n) is 3.08. The van der Waals surface area contributed by atoms with E-state index in [0.29, 0.717) is 24.4 Å². The zero-order valence-electron chi connectivity index (χ0n) is 10.2. The predicted octanol–water partition coefficient (Wildman–Crippen LogP) is 1.12. The minimum atomic E-state index is -0.876. The summed E-state index contributed by atoms with van der Waals surface area (Å²) in [6.07, 6.45) is 1.39. The standard InChI is InChI=1S/C12H16N2O3S/c1-7-8(4-10(18-7)12(16)17)5-13-9-2-3-11(15)14-6-9/h4,9,13H,2-3,5-6H2,1H3,(H,14,15)(H,16,17). The van der Waals surface area contributed by atoms with Crippen molar-refractivity contribution in [1.29, 1.82) is 0 Å². The molecule has 1 aromatic rings. The van der Waals surface area contributed by atoms with Gasteiger partial charge in [-0.05, 0) is 25.0 Å². The van der Waals surface area contributed by atoms with Gasteiger partial charge >= 0.3 is 5.97 Å². The van der Waals surface area contributed by atoms with Gasteiger partial charge in [-0.15, -0.1) is 11.3 Å². The molecule has 1 aliphatic heterocycles. The van der Waals surface area contributed by atoms with Gasteiger partial charge in [0.05, 0.1) is 0 Å². The zero-order chi connectivity index (χ0) is 13.1. The van der Waals surface area contributed by atoms with Gasteiger partial charge in [0.15, 0.2) is 0 Å². The number of carbonyl (C=O) groups is 2. The van der Waals surface area contributed by atoms with E-state index in [1.54, 1.807) is 6.07 Å². The van der Waals surface area contributed by atoms with Gasteiger partial charge in [-0.25, -0.2) is 4.79 Å². The van der Waals surface area contributed by atoms with Crippen molar-refractivity contribution in [2.45, 2.75) is 32.4 Å². The molecule has 0 bridgehead atoms. The van der Waals surface area contributed by atoms with Gasteiger partial charge in [-0.3, -0.25) is 4.79 Å². The lowest BCUT2D eigenvalue weighted by molar-refractivity contribution is -0.122. The Balaban J connectivity index is 1.90. The molecule has 3 N–H and O–H groups in total. The molecule has 18 heavy (non-hydrogen) atoms. The van der Waals surface area contributed by atoms with Crippen LogP contribution in [0.25, 0.3) is 0 Å². The van der Waals surface area contributed by atoms with Gasteiger partial charge in [0.1, 0.15) is 4.88 Å². The number of rotatable bonds is 4. The lowest BCUT2D eigenvalue weighted by Crippen LogP contribution is -2.45. The molecule has 1 saturated heterocycles. The maximum Gasteiger partial charge on any atom is 0.345 e. The Hall–Kier alpha value is -1.40. The number of amides is 1. The molecule has 0 saturated carbocycles. The van der Waals surface area contributed by atoms with Crippen LogP contribution >= 0.6 is 11.3 Å². The van der Waals surface area contributed by atoms with Crippen LogP contribution in [0.1, 0.15) is 33.0 Å².